The molecule has 3 rings (SSSR count). The SMILES string of the molecule is CC(C)(C)n1c(C2CC2)nc(-c2cc(Cl)ccc2F)c1N. The Hall–Kier alpha value is -1.55. The predicted octanol–water partition coefficient (Wildman–Crippen LogP) is 4.56. The first kappa shape index (κ1) is 14.4. The van der Waals surface area contributed by atoms with Crippen molar-refractivity contribution >= 4 is 17.4 Å². The minimum Gasteiger partial charge on any atom is -0.383 e. The molecule has 1 heterocycles. The molecule has 0 atom stereocenters. The van der Waals surface area contributed by atoms with Gasteiger partial charge in [-0.1, -0.05) is 11.6 Å². The van der Waals surface area contributed by atoms with Crippen LogP contribution < -0.4 is 5.73 Å². The first-order chi connectivity index (χ1) is 9.79. The normalized spacial score (nSPS) is 15.5. The van der Waals surface area contributed by atoms with Crippen LogP contribution in [0, 0.1) is 5.82 Å². The van der Waals surface area contributed by atoms with Gasteiger partial charge in [-0.05, 0) is 51.8 Å². The largest absolute Gasteiger partial charge is 0.383 e. The molecule has 1 saturated carbocycles. The van der Waals surface area contributed by atoms with Crippen LogP contribution in [0.1, 0.15) is 45.4 Å². The van der Waals surface area contributed by atoms with Crippen LogP contribution in [0.5, 0.6) is 0 Å². The molecular weight excluding hydrogens is 289 g/mol. The van der Waals surface area contributed by atoms with Gasteiger partial charge < -0.3 is 10.3 Å². The van der Waals surface area contributed by atoms with E-state index in [1.165, 1.54) is 12.1 Å². The summed E-state index contributed by atoms with van der Waals surface area (Å²) in [6.45, 7) is 6.24. The summed E-state index contributed by atoms with van der Waals surface area (Å²) in [5.74, 6) is 1.54. The average Bonchev–Trinajstić information content (AvgIpc) is 3.15. The second kappa shape index (κ2) is 4.73. The maximum absolute atomic E-state index is 14.1. The van der Waals surface area contributed by atoms with Gasteiger partial charge in [0.05, 0.1) is 0 Å². The van der Waals surface area contributed by atoms with Gasteiger partial charge in [-0.2, -0.15) is 0 Å². The third kappa shape index (κ3) is 2.53. The van der Waals surface area contributed by atoms with Gasteiger partial charge in [-0.3, -0.25) is 0 Å². The number of nitrogens with two attached hydrogens (primary N) is 1. The molecule has 1 aliphatic carbocycles. The van der Waals surface area contributed by atoms with E-state index in [1.54, 1.807) is 6.07 Å². The Morgan fingerprint density at radius 1 is 1.33 bits per heavy atom. The minimum absolute atomic E-state index is 0.192. The lowest BCUT2D eigenvalue weighted by Gasteiger charge is -2.25. The molecule has 0 bridgehead atoms. The number of imidazole rings is 1. The summed E-state index contributed by atoms with van der Waals surface area (Å²) in [4.78, 5) is 4.65. The van der Waals surface area contributed by atoms with Crippen LogP contribution in [0.15, 0.2) is 18.2 Å². The summed E-state index contributed by atoms with van der Waals surface area (Å²) in [5.41, 5.74) is 6.96. The van der Waals surface area contributed by atoms with Crippen molar-refractivity contribution in [3.63, 3.8) is 0 Å². The van der Waals surface area contributed by atoms with E-state index in [4.69, 9.17) is 17.3 Å². The summed E-state index contributed by atoms with van der Waals surface area (Å²) in [6.07, 6.45) is 2.23. The van der Waals surface area contributed by atoms with E-state index in [-0.39, 0.29) is 11.4 Å². The molecule has 21 heavy (non-hydrogen) atoms. The topological polar surface area (TPSA) is 43.8 Å². The first-order valence-corrected chi connectivity index (χ1v) is 7.51. The Kier molecular flexibility index (Phi) is 3.24. The molecule has 1 aromatic heterocycles. The number of benzene rings is 1. The highest BCUT2D eigenvalue weighted by atomic mass is 35.5. The lowest BCUT2D eigenvalue weighted by atomic mass is 10.1. The lowest BCUT2D eigenvalue weighted by molar-refractivity contribution is 0.388. The van der Waals surface area contributed by atoms with Crippen LogP contribution in [0.25, 0.3) is 11.3 Å². The highest BCUT2D eigenvalue weighted by Gasteiger charge is 2.34. The maximum Gasteiger partial charge on any atom is 0.132 e. The second-order valence-electron chi connectivity index (χ2n) is 6.61. The summed E-state index contributed by atoms with van der Waals surface area (Å²) in [5, 5.41) is 0.476. The van der Waals surface area contributed by atoms with Crippen LogP contribution in [0.3, 0.4) is 0 Å². The summed E-state index contributed by atoms with van der Waals surface area (Å²) < 4.78 is 16.2. The fourth-order valence-electron chi connectivity index (χ4n) is 2.65. The zero-order valence-corrected chi connectivity index (χ0v) is 13.2. The van der Waals surface area contributed by atoms with Crippen LogP contribution in [-0.2, 0) is 5.54 Å². The molecule has 0 saturated heterocycles. The van der Waals surface area contributed by atoms with Gasteiger partial charge in [0, 0.05) is 22.0 Å². The molecule has 3 nitrogen and oxygen atoms in total. The van der Waals surface area contributed by atoms with E-state index in [9.17, 15) is 4.39 Å². The van der Waals surface area contributed by atoms with E-state index in [0.29, 0.717) is 28.0 Å². The summed E-state index contributed by atoms with van der Waals surface area (Å²) in [7, 11) is 0. The molecule has 0 unspecified atom stereocenters. The third-order valence-electron chi connectivity index (χ3n) is 3.74. The Bertz CT molecular complexity index is 696. The predicted molar refractivity (Wildman–Crippen MR) is 84.0 cm³/mol. The molecule has 1 aromatic carbocycles. The number of nitrogens with zero attached hydrogens (tertiary/aromatic N) is 2. The average molecular weight is 308 g/mol. The van der Waals surface area contributed by atoms with E-state index >= 15 is 0 Å². The highest BCUT2D eigenvalue weighted by molar-refractivity contribution is 6.30. The fourth-order valence-corrected chi connectivity index (χ4v) is 2.82. The Labute approximate surface area is 128 Å². The molecule has 0 amide bonds. The third-order valence-corrected chi connectivity index (χ3v) is 3.97. The van der Waals surface area contributed by atoms with Crippen molar-refractivity contribution in [1.29, 1.82) is 0 Å². The van der Waals surface area contributed by atoms with E-state index in [2.05, 4.69) is 25.8 Å². The zero-order chi connectivity index (χ0) is 15.4. The minimum atomic E-state index is -0.355. The molecule has 1 fully saturated rings. The van der Waals surface area contributed by atoms with Gasteiger partial charge >= 0.3 is 0 Å². The van der Waals surface area contributed by atoms with Crippen molar-refractivity contribution < 1.29 is 4.39 Å². The first-order valence-electron chi connectivity index (χ1n) is 7.13. The van der Waals surface area contributed by atoms with Crippen LogP contribution >= 0.6 is 11.6 Å². The number of hydrogen-bond acceptors (Lipinski definition) is 2. The molecule has 112 valence electrons. The second-order valence-corrected chi connectivity index (χ2v) is 7.04. The Balaban J connectivity index is 2.22. The Morgan fingerprint density at radius 2 is 2.00 bits per heavy atom. The van der Waals surface area contributed by atoms with Crippen LogP contribution in [0.2, 0.25) is 5.02 Å². The van der Waals surface area contributed by atoms with Gasteiger partial charge in [-0.15, -0.1) is 0 Å². The molecular formula is C16H19ClFN3. The van der Waals surface area contributed by atoms with Gasteiger partial charge in [-0.25, -0.2) is 9.37 Å². The summed E-state index contributed by atoms with van der Waals surface area (Å²) >= 11 is 5.99. The number of anilines is 1. The number of rotatable bonds is 2. The molecule has 0 spiro atoms. The number of aromatic nitrogens is 2. The summed E-state index contributed by atoms with van der Waals surface area (Å²) in [6, 6.07) is 4.46. The molecule has 2 N–H and O–H groups in total. The number of halogens is 2. The van der Waals surface area contributed by atoms with Gasteiger partial charge in [0.25, 0.3) is 0 Å². The van der Waals surface area contributed by atoms with Gasteiger partial charge in [0.2, 0.25) is 0 Å². The standard InChI is InChI=1S/C16H19ClFN3/c1-16(2,3)21-14(19)13(20-15(21)9-4-5-9)11-8-10(17)6-7-12(11)18/h6-9H,4-5,19H2,1-3H3. The highest BCUT2D eigenvalue weighted by Crippen LogP contribution is 2.44. The smallest absolute Gasteiger partial charge is 0.132 e. The van der Waals surface area contributed by atoms with Crippen molar-refractivity contribution in [3.05, 3.63) is 34.9 Å². The monoisotopic (exact) mass is 307 g/mol. The fraction of sp³-hybridized carbons (Fsp3) is 0.438. The van der Waals surface area contributed by atoms with Gasteiger partial charge in [0.15, 0.2) is 0 Å². The number of hydrogen-bond donors (Lipinski definition) is 1. The molecule has 1 aliphatic rings. The quantitative estimate of drug-likeness (QED) is 0.884. The maximum atomic E-state index is 14.1. The van der Waals surface area contributed by atoms with Crippen molar-refractivity contribution in [3.8, 4) is 11.3 Å². The van der Waals surface area contributed by atoms with Crippen molar-refractivity contribution in [2.75, 3.05) is 5.73 Å². The van der Waals surface area contributed by atoms with E-state index in [0.717, 1.165) is 18.7 Å². The molecule has 5 heteroatoms. The van der Waals surface area contributed by atoms with E-state index < -0.39 is 0 Å². The molecule has 0 radical (unpaired) electrons. The van der Waals surface area contributed by atoms with Crippen LogP contribution in [0.4, 0.5) is 10.2 Å². The van der Waals surface area contributed by atoms with Gasteiger partial charge in [0.1, 0.15) is 23.2 Å². The van der Waals surface area contributed by atoms with Crippen molar-refractivity contribution in [2.24, 2.45) is 0 Å². The van der Waals surface area contributed by atoms with E-state index in [1.807, 2.05) is 4.57 Å². The molecule has 2 aromatic rings. The zero-order valence-electron chi connectivity index (χ0n) is 12.5. The lowest BCUT2D eigenvalue weighted by Crippen LogP contribution is -2.25. The Morgan fingerprint density at radius 3 is 2.57 bits per heavy atom. The van der Waals surface area contributed by atoms with Crippen molar-refractivity contribution in [2.45, 2.75) is 45.1 Å². The van der Waals surface area contributed by atoms with Crippen molar-refractivity contribution in [1.82, 2.24) is 9.55 Å². The molecule has 0 aliphatic heterocycles. The number of nitrogen functional groups attached to an aromatic ring is 1. The van der Waals surface area contributed by atoms with Crippen LogP contribution in [-0.4, -0.2) is 9.55 Å².